The van der Waals surface area contributed by atoms with E-state index in [9.17, 15) is 4.79 Å². The van der Waals surface area contributed by atoms with Gasteiger partial charge in [-0.1, -0.05) is 12.1 Å². The van der Waals surface area contributed by atoms with E-state index in [4.69, 9.17) is 9.47 Å². The van der Waals surface area contributed by atoms with E-state index < -0.39 is 0 Å². The normalized spacial score (nSPS) is 10.5. The number of carbonyl (C=O) groups excluding carboxylic acids is 1. The molecule has 146 valence electrons. The third-order valence-electron chi connectivity index (χ3n) is 4.37. The first-order valence-corrected chi connectivity index (χ1v) is 10.0. The van der Waals surface area contributed by atoms with E-state index in [0.29, 0.717) is 19.4 Å². The van der Waals surface area contributed by atoms with Crippen LogP contribution in [-0.4, -0.2) is 31.7 Å². The highest BCUT2D eigenvalue weighted by atomic mass is 32.1. The van der Waals surface area contributed by atoms with Crippen molar-refractivity contribution < 1.29 is 14.3 Å². The average molecular weight is 397 g/mol. The second-order valence-electron chi connectivity index (χ2n) is 6.32. The summed E-state index contributed by atoms with van der Waals surface area (Å²) in [5, 5.41) is 5.94. The summed E-state index contributed by atoms with van der Waals surface area (Å²) in [4.78, 5) is 16.7. The number of nitrogens with zero attached hydrogens (tertiary/aromatic N) is 1. The van der Waals surface area contributed by atoms with Crippen molar-refractivity contribution in [1.29, 1.82) is 0 Å². The van der Waals surface area contributed by atoms with Gasteiger partial charge in [-0.15, -0.1) is 11.3 Å². The molecule has 0 bridgehead atoms. The second-order valence-corrected chi connectivity index (χ2v) is 7.18. The maximum atomic E-state index is 12.1. The van der Waals surface area contributed by atoms with Crippen molar-refractivity contribution in [2.45, 2.75) is 19.3 Å². The molecule has 0 spiro atoms. The van der Waals surface area contributed by atoms with Crippen molar-refractivity contribution in [2.75, 3.05) is 20.8 Å². The minimum Gasteiger partial charge on any atom is -0.497 e. The number of nitrogens with one attached hydrogen (secondary N) is 1. The molecule has 0 fully saturated rings. The molecule has 5 nitrogen and oxygen atoms in total. The van der Waals surface area contributed by atoms with Crippen molar-refractivity contribution in [1.82, 2.24) is 10.3 Å². The predicted molar refractivity (Wildman–Crippen MR) is 112 cm³/mol. The molecule has 0 saturated carbocycles. The van der Waals surface area contributed by atoms with Gasteiger partial charge in [0.05, 0.1) is 19.9 Å². The van der Waals surface area contributed by atoms with Gasteiger partial charge in [0.25, 0.3) is 0 Å². The van der Waals surface area contributed by atoms with E-state index in [1.54, 1.807) is 25.6 Å². The summed E-state index contributed by atoms with van der Waals surface area (Å²) in [6.07, 6.45) is 1.85. The Kier molecular flexibility index (Phi) is 7.03. The summed E-state index contributed by atoms with van der Waals surface area (Å²) in [7, 11) is 3.30. The number of amides is 1. The Labute approximate surface area is 169 Å². The van der Waals surface area contributed by atoms with Crippen molar-refractivity contribution in [2.24, 2.45) is 0 Å². The lowest BCUT2D eigenvalue weighted by molar-refractivity contribution is -0.121. The molecule has 0 radical (unpaired) electrons. The van der Waals surface area contributed by atoms with Crippen molar-refractivity contribution >= 4 is 17.2 Å². The summed E-state index contributed by atoms with van der Waals surface area (Å²) in [6.45, 7) is 0.611. The molecule has 0 unspecified atom stereocenters. The summed E-state index contributed by atoms with van der Waals surface area (Å²) < 4.78 is 10.4. The first-order chi connectivity index (χ1) is 13.7. The van der Waals surface area contributed by atoms with Gasteiger partial charge < -0.3 is 14.8 Å². The minimum absolute atomic E-state index is 0.0434. The highest BCUT2D eigenvalue weighted by molar-refractivity contribution is 7.13. The molecule has 3 rings (SSSR count). The first-order valence-electron chi connectivity index (χ1n) is 9.16. The summed E-state index contributed by atoms with van der Waals surface area (Å²) in [5.74, 6) is 1.70. The van der Waals surface area contributed by atoms with Crippen LogP contribution in [0.15, 0.2) is 53.9 Å². The molecule has 0 aliphatic carbocycles. The molecule has 28 heavy (non-hydrogen) atoms. The molecule has 6 heteroatoms. The van der Waals surface area contributed by atoms with Crippen molar-refractivity contribution in [3.63, 3.8) is 0 Å². The van der Waals surface area contributed by atoms with E-state index in [2.05, 4.69) is 10.3 Å². The lowest BCUT2D eigenvalue weighted by atomic mass is 10.1. The molecule has 3 aromatic rings. The molecule has 1 aromatic heterocycles. The van der Waals surface area contributed by atoms with Crippen molar-refractivity contribution in [3.8, 4) is 22.1 Å². The van der Waals surface area contributed by atoms with Gasteiger partial charge in [-0.3, -0.25) is 4.79 Å². The quantitative estimate of drug-likeness (QED) is 0.591. The van der Waals surface area contributed by atoms with E-state index in [-0.39, 0.29) is 5.91 Å². The highest BCUT2D eigenvalue weighted by Gasteiger charge is 2.08. The molecule has 1 N–H and O–H groups in total. The van der Waals surface area contributed by atoms with E-state index in [0.717, 1.165) is 39.7 Å². The first kappa shape index (κ1) is 19.9. The second kappa shape index (κ2) is 9.90. The van der Waals surface area contributed by atoms with Crippen LogP contribution in [0.1, 0.15) is 17.7 Å². The van der Waals surface area contributed by atoms with Gasteiger partial charge >= 0.3 is 0 Å². The monoisotopic (exact) mass is 396 g/mol. The summed E-state index contributed by atoms with van der Waals surface area (Å²) >= 11 is 1.59. The van der Waals surface area contributed by atoms with Crippen LogP contribution in [-0.2, 0) is 17.6 Å². The minimum atomic E-state index is 0.0434. The van der Waals surface area contributed by atoms with Crippen LogP contribution >= 0.6 is 11.3 Å². The smallest absolute Gasteiger partial charge is 0.220 e. The molecule has 0 aliphatic heterocycles. The number of aromatic nitrogens is 1. The largest absolute Gasteiger partial charge is 0.497 e. The molecule has 0 aliphatic rings. The van der Waals surface area contributed by atoms with Crippen molar-refractivity contribution in [3.05, 3.63) is 65.2 Å². The zero-order chi connectivity index (χ0) is 19.8. The Hall–Kier alpha value is -2.86. The van der Waals surface area contributed by atoms with Crippen LogP contribution < -0.4 is 14.8 Å². The third-order valence-corrected chi connectivity index (χ3v) is 5.31. The predicted octanol–water partition coefficient (Wildman–Crippen LogP) is 4.12. The average Bonchev–Trinajstić information content (AvgIpc) is 3.21. The number of carbonyl (C=O) groups is 1. The molecule has 1 heterocycles. The van der Waals surface area contributed by atoms with Crippen LogP contribution in [0.2, 0.25) is 0 Å². The number of hydrogen-bond acceptors (Lipinski definition) is 5. The summed E-state index contributed by atoms with van der Waals surface area (Å²) in [5.41, 5.74) is 3.14. The van der Waals surface area contributed by atoms with Gasteiger partial charge in [0.2, 0.25) is 5.91 Å². The molecule has 1 amide bonds. The Morgan fingerprint density at radius 1 is 1.04 bits per heavy atom. The maximum absolute atomic E-state index is 12.1. The Morgan fingerprint density at radius 2 is 1.82 bits per heavy atom. The number of methoxy groups -OCH3 is 2. The van der Waals surface area contributed by atoms with E-state index in [1.165, 1.54) is 0 Å². The Balaban J connectivity index is 1.43. The SMILES string of the molecule is COc1ccc(-c2nc(CCC(=O)NCCc3cccc(OC)c3)cs2)cc1. The Bertz CT molecular complexity index is 906. The fraction of sp³-hybridized carbons (Fsp3) is 0.273. The lowest BCUT2D eigenvalue weighted by Gasteiger charge is -2.06. The number of rotatable bonds is 9. The van der Waals surface area contributed by atoms with Gasteiger partial charge in [0.1, 0.15) is 16.5 Å². The van der Waals surface area contributed by atoms with Crippen LogP contribution in [0.5, 0.6) is 11.5 Å². The number of ether oxygens (including phenoxy) is 2. The topological polar surface area (TPSA) is 60.5 Å². The molecule has 2 aromatic carbocycles. The molecular formula is C22H24N2O3S. The zero-order valence-corrected chi connectivity index (χ0v) is 16.9. The summed E-state index contributed by atoms with van der Waals surface area (Å²) in [6, 6.07) is 15.7. The van der Waals surface area contributed by atoms with Crippen LogP contribution in [0.3, 0.4) is 0 Å². The van der Waals surface area contributed by atoms with Gasteiger partial charge in [0, 0.05) is 23.9 Å². The molecule has 0 saturated heterocycles. The lowest BCUT2D eigenvalue weighted by Crippen LogP contribution is -2.25. The third kappa shape index (κ3) is 5.57. The number of hydrogen-bond donors (Lipinski definition) is 1. The fourth-order valence-electron chi connectivity index (χ4n) is 2.79. The van der Waals surface area contributed by atoms with Crippen LogP contribution in [0.4, 0.5) is 0 Å². The van der Waals surface area contributed by atoms with E-state index in [1.807, 2.05) is 53.9 Å². The number of aryl methyl sites for hydroxylation is 1. The molecular weight excluding hydrogens is 372 g/mol. The highest BCUT2D eigenvalue weighted by Crippen LogP contribution is 2.26. The molecule has 0 atom stereocenters. The zero-order valence-electron chi connectivity index (χ0n) is 16.1. The van der Waals surface area contributed by atoms with Gasteiger partial charge in [-0.25, -0.2) is 4.98 Å². The van der Waals surface area contributed by atoms with Crippen LogP contribution in [0.25, 0.3) is 10.6 Å². The Morgan fingerprint density at radius 3 is 2.57 bits per heavy atom. The van der Waals surface area contributed by atoms with Gasteiger partial charge in [-0.2, -0.15) is 0 Å². The number of thiazole rings is 1. The van der Waals surface area contributed by atoms with Gasteiger partial charge in [-0.05, 0) is 54.8 Å². The fourth-order valence-corrected chi connectivity index (χ4v) is 3.65. The standard InChI is InChI=1S/C22H24N2O3S/c1-26-19-9-6-17(7-10-19)22-24-18(15-28-22)8-11-21(25)23-13-12-16-4-3-5-20(14-16)27-2/h3-7,9-10,14-15H,8,11-13H2,1-2H3,(H,23,25). The van der Waals surface area contributed by atoms with Gasteiger partial charge in [0.15, 0.2) is 0 Å². The maximum Gasteiger partial charge on any atom is 0.220 e. The van der Waals surface area contributed by atoms with Crippen LogP contribution in [0, 0.1) is 0 Å². The van der Waals surface area contributed by atoms with E-state index >= 15 is 0 Å². The number of benzene rings is 2.